The summed E-state index contributed by atoms with van der Waals surface area (Å²) in [6, 6.07) is 6.18. The molecule has 1 amide bonds. The summed E-state index contributed by atoms with van der Waals surface area (Å²) in [5.74, 6) is -1.10. The lowest BCUT2D eigenvalue weighted by atomic mass is 10.2. The van der Waals surface area contributed by atoms with Crippen molar-refractivity contribution in [2.45, 2.75) is 0 Å². The highest BCUT2D eigenvalue weighted by Crippen LogP contribution is 2.22. The maximum absolute atomic E-state index is 12.0. The quantitative estimate of drug-likeness (QED) is 0.702. The van der Waals surface area contributed by atoms with Crippen molar-refractivity contribution in [1.29, 1.82) is 0 Å². The normalized spacial score (nSPS) is 10.5. The second-order valence-electron chi connectivity index (χ2n) is 4.87. The van der Waals surface area contributed by atoms with E-state index in [1.807, 2.05) is 0 Å². The molecule has 0 fully saturated rings. The SMILES string of the molecule is O=C(COC(=O)c1ccc2nccnc2c1)Nc1ncc(Cl)cc1Cl. The van der Waals surface area contributed by atoms with Crippen LogP contribution >= 0.6 is 23.2 Å². The number of amides is 1. The number of hydrogen-bond acceptors (Lipinski definition) is 6. The van der Waals surface area contributed by atoms with Crippen LogP contribution in [0.2, 0.25) is 10.0 Å². The van der Waals surface area contributed by atoms with Crippen molar-refractivity contribution in [3.63, 3.8) is 0 Å². The summed E-state index contributed by atoms with van der Waals surface area (Å²) in [5.41, 5.74) is 1.47. The Hall–Kier alpha value is -2.77. The summed E-state index contributed by atoms with van der Waals surface area (Å²) in [7, 11) is 0. The molecule has 0 saturated heterocycles. The highest BCUT2D eigenvalue weighted by Gasteiger charge is 2.13. The Morgan fingerprint density at radius 1 is 1.04 bits per heavy atom. The number of fused-ring (bicyclic) bond motifs is 1. The van der Waals surface area contributed by atoms with Crippen molar-refractivity contribution in [2.75, 3.05) is 11.9 Å². The Balaban J connectivity index is 1.61. The zero-order valence-electron chi connectivity index (χ0n) is 12.6. The van der Waals surface area contributed by atoms with Gasteiger partial charge in [0.1, 0.15) is 0 Å². The fourth-order valence-corrected chi connectivity index (χ4v) is 2.41. The molecule has 3 aromatic rings. The molecule has 0 aliphatic carbocycles. The Morgan fingerprint density at radius 2 is 1.80 bits per heavy atom. The largest absolute Gasteiger partial charge is 0.452 e. The number of halogens is 2. The molecule has 0 radical (unpaired) electrons. The zero-order valence-corrected chi connectivity index (χ0v) is 14.1. The van der Waals surface area contributed by atoms with Crippen LogP contribution in [0.5, 0.6) is 0 Å². The number of nitrogens with zero attached hydrogens (tertiary/aromatic N) is 3. The standard InChI is InChI=1S/C16H10Cl2N4O3/c17-10-6-11(18)15(21-7-10)22-14(23)8-25-16(24)9-1-2-12-13(5-9)20-4-3-19-12/h1-7H,8H2,(H,21,22,23). The smallest absolute Gasteiger partial charge is 0.338 e. The molecule has 9 heteroatoms. The van der Waals surface area contributed by atoms with Crippen molar-refractivity contribution in [1.82, 2.24) is 15.0 Å². The molecular formula is C16H10Cl2N4O3. The number of aromatic nitrogens is 3. The predicted molar refractivity (Wildman–Crippen MR) is 92.7 cm³/mol. The summed E-state index contributed by atoms with van der Waals surface area (Å²) in [6.45, 7) is -0.488. The molecule has 25 heavy (non-hydrogen) atoms. The molecule has 0 saturated carbocycles. The molecule has 2 aromatic heterocycles. The summed E-state index contributed by atoms with van der Waals surface area (Å²) < 4.78 is 4.98. The van der Waals surface area contributed by atoms with Gasteiger partial charge >= 0.3 is 5.97 Å². The lowest BCUT2D eigenvalue weighted by molar-refractivity contribution is -0.119. The van der Waals surface area contributed by atoms with E-state index in [2.05, 4.69) is 20.3 Å². The van der Waals surface area contributed by atoms with E-state index in [0.29, 0.717) is 16.1 Å². The van der Waals surface area contributed by atoms with Crippen molar-refractivity contribution in [2.24, 2.45) is 0 Å². The fraction of sp³-hybridized carbons (Fsp3) is 0.0625. The number of carbonyl (C=O) groups is 2. The fourth-order valence-electron chi connectivity index (χ4n) is 1.98. The molecule has 0 unspecified atom stereocenters. The average Bonchev–Trinajstić information content (AvgIpc) is 2.61. The molecule has 0 aliphatic heterocycles. The van der Waals surface area contributed by atoms with Crippen LogP contribution in [0.25, 0.3) is 11.0 Å². The van der Waals surface area contributed by atoms with Gasteiger partial charge in [0.25, 0.3) is 5.91 Å². The monoisotopic (exact) mass is 376 g/mol. The van der Waals surface area contributed by atoms with E-state index in [1.54, 1.807) is 24.4 Å². The van der Waals surface area contributed by atoms with Crippen molar-refractivity contribution in [3.05, 3.63) is 58.5 Å². The van der Waals surface area contributed by atoms with Gasteiger partial charge in [-0.05, 0) is 24.3 Å². The van der Waals surface area contributed by atoms with Gasteiger partial charge in [0.15, 0.2) is 12.4 Å². The van der Waals surface area contributed by atoms with Crippen LogP contribution in [0.15, 0.2) is 42.9 Å². The van der Waals surface area contributed by atoms with E-state index in [0.717, 1.165) is 0 Å². The molecular weight excluding hydrogens is 367 g/mol. The van der Waals surface area contributed by atoms with Crippen LogP contribution < -0.4 is 5.32 Å². The highest BCUT2D eigenvalue weighted by atomic mass is 35.5. The number of nitrogens with one attached hydrogen (secondary N) is 1. The highest BCUT2D eigenvalue weighted by molar-refractivity contribution is 6.36. The van der Waals surface area contributed by atoms with Crippen molar-refractivity contribution in [3.8, 4) is 0 Å². The van der Waals surface area contributed by atoms with Crippen LogP contribution in [-0.2, 0) is 9.53 Å². The van der Waals surface area contributed by atoms with Gasteiger partial charge in [0, 0.05) is 18.6 Å². The number of carbonyl (C=O) groups excluding carboxylic acids is 2. The minimum Gasteiger partial charge on any atom is -0.452 e. The van der Waals surface area contributed by atoms with Crippen LogP contribution in [0.3, 0.4) is 0 Å². The van der Waals surface area contributed by atoms with E-state index in [-0.39, 0.29) is 16.4 Å². The zero-order chi connectivity index (χ0) is 17.8. The topological polar surface area (TPSA) is 94.1 Å². The molecule has 0 atom stereocenters. The summed E-state index contributed by atoms with van der Waals surface area (Å²) in [4.78, 5) is 36.0. The molecule has 126 valence electrons. The van der Waals surface area contributed by atoms with Crippen LogP contribution in [-0.4, -0.2) is 33.4 Å². The van der Waals surface area contributed by atoms with Crippen LogP contribution in [0.4, 0.5) is 5.82 Å². The van der Waals surface area contributed by atoms with Gasteiger partial charge in [0.2, 0.25) is 0 Å². The molecule has 0 spiro atoms. The Labute approximate surface area is 152 Å². The second kappa shape index (κ2) is 7.42. The molecule has 1 N–H and O–H groups in total. The van der Waals surface area contributed by atoms with Crippen LogP contribution in [0, 0.1) is 0 Å². The predicted octanol–water partition coefficient (Wildman–Crippen LogP) is 3.13. The Bertz CT molecular complexity index is 965. The average molecular weight is 377 g/mol. The van der Waals surface area contributed by atoms with Crippen LogP contribution in [0.1, 0.15) is 10.4 Å². The van der Waals surface area contributed by atoms with Gasteiger partial charge in [-0.1, -0.05) is 23.2 Å². The number of benzene rings is 1. The number of anilines is 1. The van der Waals surface area contributed by atoms with Gasteiger partial charge in [-0.15, -0.1) is 0 Å². The second-order valence-corrected chi connectivity index (χ2v) is 5.71. The first kappa shape index (κ1) is 17.1. The lowest BCUT2D eigenvalue weighted by Crippen LogP contribution is -2.21. The third-order valence-corrected chi connectivity index (χ3v) is 3.60. The van der Waals surface area contributed by atoms with Gasteiger partial charge in [-0.25, -0.2) is 9.78 Å². The van der Waals surface area contributed by atoms with Gasteiger partial charge < -0.3 is 10.1 Å². The first-order chi connectivity index (χ1) is 12.0. The molecule has 3 rings (SSSR count). The summed E-state index contributed by atoms with van der Waals surface area (Å²) in [6.07, 6.45) is 4.42. The Morgan fingerprint density at radius 3 is 2.56 bits per heavy atom. The van der Waals surface area contributed by atoms with E-state index in [9.17, 15) is 9.59 Å². The maximum Gasteiger partial charge on any atom is 0.338 e. The minimum atomic E-state index is -0.655. The maximum atomic E-state index is 12.0. The van der Waals surface area contributed by atoms with Gasteiger partial charge in [0.05, 0.1) is 26.6 Å². The first-order valence-corrected chi connectivity index (χ1v) is 7.77. The van der Waals surface area contributed by atoms with Crippen molar-refractivity contribution >= 4 is 51.9 Å². The lowest BCUT2D eigenvalue weighted by Gasteiger charge is -2.07. The van der Waals surface area contributed by atoms with E-state index in [4.69, 9.17) is 27.9 Å². The third kappa shape index (κ3) is 4.20. The number of rotatable bonds is 4. The van der Waals surface area contributed by atoms with Gasteiger partial charge in [-0.2, -0.15) is 0 Å². The third-order valence-electron chi connectivity index (χ3n) is 3.11. The number of esters is 1. The summed E-state index contributed by atoms with van der Waals surface area (Å²) in [5, 5.41) is 2.96. The summed E-state index contributed by atoms with van der Waals surface area (Å²) >= 11 is 11.6. The molecule has 7 nitrogen and oxygen atoms in total. The van der Waals surface area contributed by atoms with E-state index >= 15 is 0 Å². The minimum absolute atomic E-state index is 0.132. The molecule has 2 heterocycles. The molecule has 0 bridgehead atoms. The first-order valence-electron chi connectivity index (χ1n) is 7.02. The molecule has 1 aromatic carbocycles. The number of hydrogen-bond donors (Lipinski definition) is 1. The molecule has 0 aliphatic rings. The Kier molecular flexibility index (Phi) is 5.06. The van der Waals surface area contributed by atoms with E-state index < -0.39 is 18.5 Å². The number of ether oxygens (including phenoxy) is 1. The number of pyridine rings is 1. The van der Waals surface area contributed by atoms with Crippen molar-refractivity contribution < 1.29 is 14.3 Å². The van der Waals surface area contributed by atoms with Gasteiger partial charge in [-0.3, -0.25) is 14.8 Å². The van der Waals surface area contributed by atoms with E-state index in [1.165, 1.54) is 18.5 Å².